The van der Waals surface area contributed by atoms with Crippen molar-refractivity contribution in [3.8, 4) is 5.75 Å². The molecule has 2 atom stereocenters. The predicted octanol–water partition coefficient (Wildman–Crippen LogP) is 7.30. The first-order chi connectivity index (χ1) is 21.1. The predicted molar refractivity (Wildman–Crippen MR) is 193 cm³/mol. The number of nitrogens with one attached hydrogen (secondary N) is 2. The van der Waals surface area contributed by atoms with Crippen molar-refractivity contribution in [1.29, 1.82) is 0 Å². The van der Waals surface area contributed by atoms with Gasteiger partial charge in [-0.3, -0.25) is 4.90 Å². The van der Waals surface area contributed by atoms with Crippen LogP contribution in [0.3, 0.4) is 0 Å². The van der Waals surface area contributed by atoms with Gasteiger partial charge in [-0.25, -0.2) is 0 Å². The molecule has 44 heavy (non-hydrogen) atoms. The van der Waals surface area contributed by atoms with Gasteiger partial charge in [-0.15, -0.1) is 0 Å². The molecule has 0 amide bonds. The van der Waals surface area contributed by atoms with E-state index in [0.717, 1.165) is 37.7 Å². The molecule has 8 heteroatoms. The van der Waals surface area contributed by atoms with Gasteiger partial charge in [-0.1, -0.05) is 65.8 Å². The Morgan fingerprint density at radius 2 is 1.61 bits per heavy atom. The van der Waals surface area contributed by atoms with Gasteiger partial charge in [0.05, 0.1) is 5.76 Å². The quantitative estimate of drug-likeness (QED) is 0.0768. The number of nitrogens with zero attached hydrogens (tertiary/aromatic N) is 1. The zero-order valence-corrected chi connectivity index (χ0v) is 30.2. The summed E-state index contributed by atoms with van der Waals surface area (Å²) < 4.78 is 4.25. The summed E-state index contributed by atoms with van der Waals surface area (Å²) in [4.78, 5) is 2.82. The number of aliphatic hydroxyl groups is 2. The SMILES string of the molecule is C=C(N)/C(C)=C/NC.C=C(O)CC.CC.CCC1CCCCN1C(CCCCc1ccc(O)cc1)CCNC.CO.COC. The second kappa shape index (κ2) is 36.7. The molecule has 1 aliphatic heterocycles. The van der Waals surface area contributed by atoms with E-state index in [-0.39, 0.29) is 5.76 Å². The zero-order valence-electron chi connectivity index (χ0n) is 30.2. The van der Waals surface area contributed by atoms with Crippen LogP contribution in [0.4, 0.5) is 0 Å². The molecular formula is C36H72N4O4. The minimum Gasteiger partial charge on any atom is -0.513 e. The monoisotopic (exact) mass is 625 g/mol. The fourth-order valence-electron chi connectivity index (χ4n) is 4.41. The van der Waals surface area contributed by atoms with Gasteiger partial charge in [0.2, 0.25) is 0 Å². The van der Waals surface area contributed by atoms with Gasteiger partial charge < -0.3 is 36.4 Å². The number of methoxy groups -OCH3 is 1. The Labute approximate surface area is 272 Å². The molecular weight excluding hydrogens is 552 g/mol. The standard InChI is InChI=1S/C21H36N2O.C6H12N2.C4H8O.C2H6O.C2H6.CH4O/c1-3-19-9-6-7-17-23(19)20(15-16-22-2)10-5-4-8-18-11-13-21(24)14-12-18;1-5(4-8-3)6(2)7;1-3-4(2)5;1-3-2;2*1-2/h11-14,19-20,22,24H,3-10,15-17H2,1-2H3;4,8H,2,7H2,1,3H3;5H,2-3H2,1H3;1-2H3;1-2H3;2H,1H3/b;5-4+;;;;. The third kappa shape index (κ3) is 29.5. The molecule has 1 aliphatic rings. The minimum atomic E-state index is 0.255. The van der Waals surface area contributed by atoms with Crippen LogP contribution >= 0.6 is 0 Å². The topological polar surface area (TPSA) is 123 Å². The summed E-state index contributed by atoms with van der Waals surface area (Å²) in [6.45, 7) is 19.3. The summed E-state index contributed by atoms with van der Waals surface area (Å²) in [5.41, 5.74) is 8.25. The van der Waals surface area contributed by atoms with Gasteiger partial charge in [0.1, 0.15) is 5.75 Å². The van der Waals surface area contributed by atoms with Crippen LogP contribution in [-0.2, 0) is 11.2 Å². The molecule has 2 rings (SSSR count). The van der Waals surface area contributed by atoms with Crippen LogP contribution < -0.4 is 16.4 Å². The molecule has 1 aromatic carbocycles. The lowest BCUT2D eigenvalue weighted by molar-refractivity contribution is 0.0804. The number of aryl methyl sites for hydroxylation is 1. The molecule has 0 spiro atoms. The number of piperidine rings is 1. The van der Waals surface area contributed by atoms with Gasteiger partial charge in [0.25, 0.3) is 0 Å². The lowest BCUT2D eigenvalue weighted by Crippen LogP contribution is -2.46. The van der Waals surface area contributed by atoms with Crippen molar-refractivity contribution in [1.82, 2.24) is 15.5 Å². The Morgan fingerprint density at radius 3 is 2.02 bits per heavy atom. The summed E-state index contributed by atoms with van der Waals surface area (Å²) in [5, 5.41) is 30.7. The van der Waals surface area contributed by atoms with Crippen LogP contribution in [0.5, 0.6) is 5.75 Å². The highest BCUT2D eigenvalue weighted by atomic mass is 16.4. The van der Waals surface area contributed by atoms with Crippen molar-refractivity contribution >= 4 is 0 Å². The number of phenols is 1. The summed E-state index contributed by atoms with van der Waals surface area (Å²) in [7, 11) is 8.14. The van der Waals surface area contributed by atoms with Gasteiger partial charge >= 0.3 is 0 Å². The number of unbranched alkanes of at least 4 members (excludes halogenated alkanes) is 1. The van der Waals surface area contributed by atoms with E-state index < -0.39 is 0 Å². The lowest BCUT2D eigenvalue weighted by atomic mass is 9.94. The number of aromatic hydroxyl groups is 1. The largest absolute Gasteiger partial charge is 0.513 e. The molecule has 8 nitrogen and oxygen atoms in total. The van der Waals surface area contributed by atoms with Crippen LogP contribution in [0.25, 0.3) is 0 Å². The molecule has 2 unspecified atom stereocenters. The Balaban J connectivity index is -0.000000329. The average molecular weight is 625 g/mol. The number of likely N-dealkylation sites (tertiary alicyclic amines) is 1. The molecule has 0 aliphatic carbocycles. The molecule has 260 valence electrons. The molecule has 0 bridgehead atoms. The number of rotatable bonds is 13. The highest BCUT2D eigenvalue weighted by molar-refractivity contribution is 5.25. The molecule has 0 saturated carbocycles. The molecule has 1 heterocycles. The van der Waals surface area contributed by atoms with Crippen molar-refractivity contribution in [3.63, 3.8) is 0 Å². The number of hydrogen-bond acceptors (Lipinski definition) is 8. The number of phenolic OH excluding ortho intramolecular Hbond substituents is 1. The molecule has 1 aromatic rings. The molecule has 0 aromatic heterocycles. The fourth-order valence-corrected chi connectivity index (χ4v) is 4.41. The second-order valence-electron chi connectivity index (χ2n) is 10.2. The van der Waals surface area contributed by atoms with Crippen LogP contribution in [-0.4, -0.2) is 80.8 Å². The van der Waals surface area contributed by atoms with Crippen LogP contribution in [0.15, 0.2) is 60.7 Å². The van der Waals surface area contributed by atoms with Gasteiger partial charge in [0.15, 0.2) is 0 Å². The highest BCUT2D eigenvalue weighted by Gasteiger charge is 2.26. The minimum absolute atomic E-state index is 0.255. The van der Waals surface area contributed by atoms with Crippen LogP contribution in [0.2, 0.25) is 0 Å². The van der Waals surface area contributed by atoms with E-state index in [9.17, 15) is 5.11 Å². The van der Waals surface area contributed by atoms with E-state index in [4.69, 9.17) is 15.9 Å². The number of ether oxygens (including phenoxy) is 1. The van der Waals surface area contributed by atoms with Crippen molar-refractivity contribution < 1.29 is 20.1 Å². The number of benzene rings is 1. The summed E-state index contributed by atoms with van der Waals surface area (Å²) in [6, 6.07) is 9.23. The van der Waals surface area contributed by atoms with Crippen LogP contribution in [0.1, 0.15) is 98.0 Å². The number of hydrogen-bond donors (Lipinski definition) is 6. The van der Waals surface area contributed by atoms with Gasteiger partial charge in [-0.2, -0.15) is 0 Å². The molecule has 0 radical (unpaired) electrons. The number of nitrogens with two attached hydrogens (primary N) is 1. The first-order valence-corrected chi connectivity index (χ1v) is 16.3. The lowest BCUT2D eigenvalue weighted by Gasteiger charge is -2.41. The van der Waals surface area contributed by atoms with E-state index in [1.54, 1.807) is 26.4 Å². The molecule has 1 saturated heterocycles. The Bertz CT molecular complexity index is 785. The number of aliphatic hydroxyl groups excluding tert-OH is 2. The van der Waals surface area contributed by atoms with E-state index in [1.807, 2.05) is 53.1 Å². The maximum absolute atomic E-state index is 9.36. The first-order valence-electron chi connectivity index (χ1n) is 16.3. The van der Waals surface area contributed by atoms with Gasteiger partial charge in [-0.05, 0) is 95.3 Å². The number of allylic oxidation sites excluding steroid dienone is 2. The highest BCUT2D eigenvalue weighted by Crippen LogP contribution is 2.26. The average Bonchev–Trinajstić information content (AvgIpc) is 3.04. The zero-order chi connectivity index (χ0) is 34.8. The summed E-state index contributed by atoms with van der Waals surface area (Å²) >= 11 is 0. The molecule has 1 fully saturated rings. The van der Waals surface area contributed by atoms with E-state index in [0.29, 0.717) is 17.9 Å². The summed E-state index contributed by atoms with van der Waals surface area (Å²) in [5.74, 6) is 0.617. The van der Waals surface area contributed by atoms with Crippen molar-refractivity contribution in [2.24, 2.45) is 5.73 Å². The Hall–Kier alpha value is -2.52. The van der Waals surface area contributed by atoms with Crippen molar-refractivity contribution in [3.05, 3.63) is 66.2 Å². The maximum atomic E-state index is 9.36. The smallest absolute Gasteiger partial charge is 0.115 e. The first kappa shape index (κ1) is 48.4. The normalized spacial score (nSPS) is 14.5. The summed E-state index contributed by atoms with van der Waals surface area (Å²) in [6.07, 6.45) is 14.2. The van der Waals surface area contributed by atoms with Crippen LogP contribution in [0, 0.1) is 0 Å². The third-order valence-corrected chi connectivity index (χ3v) is 6.81. The molecule has 7 N–H and O–H groups in total. The van der Waals surface area contributed by atoms with Gasteiger partial charge in [0, 0.05) is 58.8 Å². The van der Waals surface area contributed by atoms with E-state index in [1.165, 1.54) is 63.5 Å². The fraction of sp³-hybridized carbons (Fsp3) is 0.667. The maximum Gasteiger partial charge on any atom is 0.115 e. The second-order valence-corrected chi connectivity index (χ2v) is 10.2. The Morgan fingerprint density at radius 1 is 1.07 bits per heavy atom. The van der Waals surface area contributed by atoms with E-state index in [2.05, 4.69) is 47.4 Å². The van der Waals surface area contributed by atoms with Crippen molar-refractivity contribution in [2.45, 2.75) is 111 Å². The Kier molecular flexibility index (Phi) is 40.3. The van der Waals surface area contributed by atoms with E-state index >= 15 is 0 Å². The third-order valence-electron chi connectivity index (χ3n) is 6.81. The van der Waals surface area contributed by atoms with Crippen molar-refractivity contribution in [2.75, 3.05) is 48.5 Å².